The molecule has 3 aliphatic carbocycles. The van der Waals surface area contributed by atoms with Gasteiger partial charge in [0.25, 0.3) is 0 Å². The van der Waals surface area contributed by atoms with Crippen LogP contribution in [0, 0.1) is 46.8 Å². The Labute approximate surface area is 164 Å². The summed E-state index contributed by atoms with van der Waals surface area (Å²) < 4.78 is 0. The van der Waals surface area contributed by atoms with Crippen molar-refractivity contribution in [3.8, 4) is 0 Å². The van der Waals surface area contributed by atoms with E-state index in [2.05, 4.69) is 47.6 Å². The third-order valence-electron chi connectivity index (χ3n) is 8.27. The molecule has 150 valence electrons. The minimum atomic E-state index is 0.672. The van der Waals surface area contributed by atoms with Crippen molar-refractivity contribution >= 4 is 0 Å². The van der Waals surface area contributed by atoms with Crippen molar-refractivity contribution < 1.29 is 0 Å². The van der Waals surface area contributed by atoms with Crippen molar-refractivity contribution in [2.24, 2.45) is 46.8 Å². The molecular weight excluding hydrogens is 312 g/mol. The minimum absolute atomic E-state index is 0.672. The van der Waals surface area contributed by atoms with Crippen molar-refractivity contribution in [1.82, 2.24) is 0 Å². The Balaban J connectivity index is 1.24. The topological polar surface area (TPSA) is 0 Å². The van der Waals surface area contributed by atoms with Crippen molar-refractivity contribution in [2.45, 2.75) is 106 Å². The lowest BCUT2D eigenvalue weighted by Gasteiger charge is -2.18. The maximum absolute atomic E-state index is 2.58. The average Bonchev–Trinajstić information content (AvgIpc) is 3.46. The van der Waals surface area contributed by atoms with Gasteiger partial charge < -0.3 is 0 Å². The van der Waals surface area contributed by atoms with Crippen LogP contribution >= 0.6 is 0 Å². The van der Waals surface area contributed by atoms with Gasteiger partial charge in [-0.3, -0.25) is 0 Å². The Bertz CT molecular complexity index is 486. The first-order chi connectivity index (χ1) is 12.3. The standard InChI is InChI=1S/C26H46/c1-18(2)25-17-26(25,6)16-20(4)10-7-9-19(3)13-24-15-23(24)12-8-11-22-14-21(22)5/h9,18,20-25H,7-8,10-17H2,1-6H3. The van der Waals surface area contributed by atoms with Gasteiger partial charge in [-0.15, -0.1) is 0 Å². The molecule has 0 amide bonds. The van der Waals surface area contributed by atoms with Crippen LogP contribution in [0.25, 0.3) is 0 Å². The van der Waals surface area contributed by atoms with Gasteiger partial charge in [0, 0.05) is 0 Å². The zero-order chi connectivity index (χ0) is 18.9. The summed E-state index contributed by atoms with van der Waals surface area (Å²) in [5.74, 6) is 7.05. The van der Waals surface area contributed by atoms with Crippen molar-refractivity contribution in [3.63, 3.8) is 0 Å². The second-order valence-electron chi connectivity index (χ2n) is 11.5. The Morgan fingerprint density at radius 1 is 1.08 bits per heavy atom. The molecule has 7 unspecified atom stereocenters. The largest absolute Gasteiger partial charge is 0.0856 e. The highest BCUT2D eigenvalue weighted by atomic mass is 14.6. The van der Waals surface area contributed by atoms with E-state index in [4.69, 9.17) is 0 Å². The van der Waals surface area contributed by atoms with E-state index in [0.29, 0.717) is 5.41 Å². The predicted molar refractivity (Wildman–Crippen MR) is 115 cm³/mol. The first-order valence-corrected chi connectivity index (χ1v) is 11.9. The van der Waals surface area contributed by atoms with Gasteiger partial charge in [-0.2, -0.15) is 0 Å². The zero-order valence-electron chi connectivity index (χ0n) is 18.7. The molecule has 26 heavy (non-hydrogen) atoms. The minimum Gasteiger partial charge on any atom is -0.0856 e. The van der Waals surface area contributed by atoms with Crippen LogP contribution in [0.1, 0.15) is 106 Å². The molecule has 0 nitrogen and oxygen atoms in total. The van der Waals surface area contributed by atoms with E-state index in [-0.39, 0.29) is 0 Å². The average molecular weight is 359 g/mol. The second-order valence-corrected chi connectivity index (χ2v) is 11.5. The van der Waals surface area contributed by atoms with Gasteiger partial charge in [-0.25, -0.2) is 0 Å². The van der Waals surface area contributed by atoms with Gasteiger partial charge >= 0.3 is 0 Å². The zero-order valence-corrected chi connectivity index (χ0v) is 18.7. The van der Waals surface area contributed by atoms with E-state index in [1.807, 2.05) is 0 Å². The number of hydrogen-bond acceptors (Lipinski definition) is 0. The summed E-state index contributed by atoms with van der Waals surface area (Å²) in [6, 6.07) is 0. The van der Waals surface area contributed by atoms with E-state index >= 15 is 0 Å². The maximum atomic E-state index is 2.58. The lowest BCUT2D eigenvalue weighted by atomic mass is 9.87. The molecule has 0 aliphatic heterocycles. The van der Waals surface area contributed by atoms with Gasteiger partial charge in [0.05, 0.1) is 0 Å². The van der Waals surface area contributed by atoms with Gasteiger partial charge in [0.15, 0.2) is 0 Å². The fourth-order valence-corrected chi connectivity index (χ4v) is 6.09. The number of rotatable bonds is 12. The fraction of sp³-hybridized carbons (Fsp3) is 0.923. The molecule has 0 heteroatoms. The van der Waals surface area contributed by atoms with E-state index < -0.39 is 0 Å². The molecule has 3 fully saturated rings. The maximum Gasteiger partial charge on any atom is -0.0289 e. The summed E-state index contributed by atoms with van der Waals surface area (Å²) in [6.45, 7) is 14.7. The van der Waals surface area contributed by atoms with Crippen LogP contribution in [0.15, 0.2) is 11.6 Å². The second kappa shape index (κ2) is 8.40. The van der Waals surface area contributed by atoms with Crippen LogP contribution in [-0.4, -0.2) is 0 Å². The van der Waals surface area contributed by atoms with E-state index in [1.54, 1.807) is 5.57 Å². The van der Waals surface area contributed by atoms with Gasteiger partial charge in [0.2, 0.25) is 0 Å². The monoisotopic (exact) mass is 358 g/mol. The molecule has 3 rings (SSSR count). The van der Waals surface area contributed by atoms with E-state index in [0.717, 1.165) is 41.4 Å². The van der Waals surface area contributed by atoms with Gasteiger partial charge in [-0.05, 0) is 98.7 Å². The highest BCUT2D eigenvalue weighted by Gasteiger charge is 2.51. The van der Waals surface area contributed by atoms with Gasteiger partial charge in [0.1, 0.15) is 0 Å². The smallest absolute Gasteiger partial charge is 0.0289 e. The summed E-state index contributed by atoms with van der Waals surface area (Å²) in [7, 11) is 0. The molecule has 0 saturated heterocycles. The SMILES string of the molecule is CC(=CCCC(C)CC1(C)CC1C(C)C)CC1CC1CCCC1CC1C. The quantitative estimate of drug-likeness (QED) is 0.308. The molecule has 0 aromatic rings. The van der Waals surface area contributed by atoms with Crippen molar-refractivity contribution in [2.75, 3.05) is 0 Å². The molecule has 0 aromatic carbocycles. The molecule has 0 radical (unpaired) electrons. The number of allylic oxidation sites excluding steroid dienone is 2. The third kappa shape index (κ3) is 5.87. The Hall–Kier alpha value is -0.260. The Morgan fingerprint density at radius 3 is 2.38 bits per heavy atom. The summed E-state index contributed by atoms with van der Waals surface area (Å²) in [5.41, 5.74) is 2.35. The normalized spacial score (nSPS) is 40.0. The van der Waals surface area contributed by atoms with Crippen molar-refractivity contribution in [3.05, 3.63) is 11.6 Å². The first kappa shape index (κ1) is 20.5. The van der Waals surface area contributed by atoms with Crippen LogP contribution < -0.4 is 0 Å². The molecule has 0 N–H and O–H groups in total. The summed E-state index contributed by atoms with van der Waals surface area (Å²) in [5, 5.41) is 0. The molecular formula is C26H46. The summed E-state index contributed by atoms with van der Waals surface area (Å²) >= 11 is 0. The molecule has 7 atom stereocenters. The predicted octanol–water partition coefficient (Wildman–Crippen LogP) is 8.27. The Kier molecular flexibility index (Phi) is 6.62. The molecule has 0 spiro atoms. The molecule has 0 aromatic heterocycles. The van der Waals surface area contributed by atoms with Crippen LogP contribution in [0.4, 0.5) is 0 Å². The van der Waals surface area contributed by atoms with E-state index in [1.165, 1.54) is 64.2 Å². The van der Waals surface area contributed by atoms with Gasteiger partial charge in [-0.1, -0.05) is 65.5 Å². The lowest BCUT2D eigenvalue weighted by Crippen LogP contribution is -2.08. The van der Waals surface area contributed by atoms with Crippen LogP contribution in [0.2, 0.25) is 0 Å². The fourth-order valence-electron chi connectivity index (χ4n) is 6.09. The lowest BCUT2D eigenvalue weighted by molar-refractivity contribution is 0.327. The molecule has 0 bridgehead atoms. The number of hydrogen-bond donors (Lipinski definition) is 0. The summed E-state index contributed by atoms with van der Waals surface area (Å²) in [4.78, 5) is 0. The van der Waals surface area contributed by atoms with Crippen LogP contribution in [0.3, 0.4) is 0 Å². The molecule has 3 saturated carbocycles. The third-order valence-corrected chi connectivity index (χ3v) is 8.27. The van der Waals surface area contributed by atoms with Crippen LogP contribution in [-0.2, 0) is 0 Å². The highest BCUT2D eigenvalue weighted by molar-refractivity contribution is 5.05. The van der Waals surface area contributed by atoms with Crippen LogP contribution in [0.5, 0.6) is 0 Å². The first-order valence-electron chi connectivity index (χ1n) is 11.9. The molecule has 3 aliphatic rings. The summed E-state index contributed by atoms with van der Waals surface area (Å²) in [6.07, 6.45) is 17.2. The van der Waals surface area contributed by atoms with Crippen molar-refractivity contribution in [1.29, 1.82) is 0 Å². The highest BCUT2D eigenvalue weighted by Crippen LogP contribution is 2.60. The Morgan fingerprint density at radius 2 is 1.77 bits per heavy atom. The molecule has 0 heterocycles. The van der Waals surface area contributed by atoms with E-state index in [9.17, 15) is 0 Å².